The number of hydrogen-bond donors (Lipinski definition) is 2. The van der Waals surface area contributed by atoms with E-state index in [0.717, 1.165) is 11.4 Å². The topological polar surface area (TPSA) is 52.0 Å². The first kappa shape index (κ1) is 28.3. The first-order valence-corrected chi connectivity index (χ1v) is 14.4. The van der Waals surface area contributed by atoms with E-state index in [1.165, 1.54) is 140 Å². The zero-order valence-corrected chi connectivity index (χ0v) is 21.9. The average molecular weight is 465 g/mol. The van der Waals surface area contributed by atoms with Gasteiger partial charge in [-0.15, -0.1) is 0 Å². The molecule has 0 atom stereocenters. The van der Waals surface area contributed by atoms with Gasteiger partial charge in [0.25, 0.3) is 0 Å². The number of nitrogen functional groups attached to an aromatic ring is 2. The van der Waals surface area contributed by atoms with Gasteiger partial charge in [0, 0.05) is 11.4 Å². The Hall–Kier alpha value is -1.96. The molecule has 0 aliphatic rings. The second-order valence-electron chi connectivity index (χ2n) is 10.3. The Morgan fingerprint density at radius 1 is 0.294 bits per heavy atom. The minimum Gasteiger partial charge on any atom is -0.399 e. The summed E-state index contributed by atoms with van der Waals surface area (Å²) in [6.45, 7) is 0. The van der Waals surface area contributed by atoms with Gasteiger partial charge in [0.15, 0.2) is 0 Å². The van der Waals surface area contributed by atoms with Crippen LogP contribution in [-0.4, -0.2) is 0 Å². The summed E-state index contributed by atoms with van der Waals surface area (Å²) < 4.78 is 0. The van der Waals surface area contributed by atoms with Gasteiger partial charge in [0.2, 0.25) is 0 Å². The van der Waals surface area contributed by atoms with E-state index < -0.39 is 0 Å². The van der Waals surface area contributed by atoms with Gasteiger partial charge in [0.05, 0.1) is 0 Å². The van der Waals surface area contributed by atoms with Crippen molar-refractivity contribution in [2.75, 3.05) is 11.5 Å². The predicted octanol–water partition coefficient (Wildman–Crippen LogP) is 9.66. The summed E-state index contributed by atoms with van der Waals surface area (Å²) in [5.74, 6) is 0. The van der Waals surface area contributed by atoms with Crippen LogP contribution in [0, 0.1) is 0 Å². The van der Waals surface area contributed by atoms with Gasteiger partial charge >= 0.3 is 0 Å². The van der Waals surface area contributed by atoms with E-state index in [4.69, 9.17) is 11.5 Å². The number of rotatable bonds is 21. The molecule has 0 unspecified atom stereocenters. The molecule has 190 valence electrons. The maximum absolute atomic E-state index is 5.74. The van der Waals surface area contributed by atoms with E-state index in [9.17, 15) is 0 Å². The number of unbranched alkanes of at least 4 members (excludes halogenated alkanes) is 17. The molecule has 0 saturated carbocycles. The molecule has 2 rings (SSSR count). The van der Waals surface area contributed by atoms with Crippen LogP contribution < -0.4 is 11.5 Å². The van der Waals surface area contributed by atoms with Crippen LogP contribution in [0.3, 0.4) is 0 Å². The zero-order chi connectivity index (χ0) is 24.1. The Labute approximate surface area is 210 Å². The lowest BCUT2D eigenvalue weighted by Gasteiger charge is -2.05. The first-order chi connectivity index (χ1) is 16.7. The largest absolute Gasteiger partial charge is 0.399 e. The van der Waals surface area contributed by atoms with Crippen LogP contribution in [0.2, 0.25) is 0 Å². The van der Waals surface area contributed by atoms with Crippen LogP contribution in [0.15, 0.2) is 48.5 Å². The lowest BCUT2D eigenvalue weighted by Crippen LogP contribution is -1.89. The SMILES string of the molecule is Nc1ccc(CCCCCCCCCCCCCCCCCCCCc2ccc(N)cc2)cc1. The number of anilines is 2. The van der Waals surface area contributed by atoms with Crippen molar-refractivity contribution in [2.45, 2.75) is 128 Å². The number of nitrogens with two attached hydrogens (primary N) is 2. The highest BCUT2D eigenvalue weighted by molar-refractivity contribution is 5.39. The summed E-state index contributed by atoms with van der Waals surface area (Å²) in [7, 11) is 0. The van der Waals surface area contributed by atoms with Crippen molar-refractivity contribution < 1.29 is 0 Å². The van der Waals surface area contributed by atoms with Crippen molar-refractivity contribution in [1.82, 2.24) is 0 Å². The molecule has 0 bridgehead atoms. The molecular formula is C32H52N2. The molecule has 0 fully saturated rings. The zero-order valence-electron chi connectivity index (χ0n) is 21.9. The fourth-order valence-electron chi connectivity index (χ4n) is 4.86. The Morgan fingerprint density at radius 3 is 0.735 bits per heavy atom. The van der Waals surface area contributed by atoms with Gasteiger partial charge in [-0.25, -0.2) is 0 Å². The third kappa shape index (κ3) is 15.0. The van der Waals surface area contributed by atoms with Crippen molar-refractivity contribution in [3.05, 3.63) is 59.7 Å². The molecule has 2 aromatic carbocycles. The van der Waals surface area contributed by atoms with E-state index in [-0.39, 0.29) is 0 Å². The van der Waals surface area contributed by atoms with E-state index in [2.05, 4.69) is 24.3 Å². The lowest BCUT2D eigenvalue weighted by molar-refractivity contribution is 0.524. The van der Waals surface area contributed by atoms with Crippen LogP contribution in [0.25, 0.3) is 0 Å². The van der Waals surface area contributed by atoms with Gasteiger partial charge in [-0.3, -0.25) is 0 Å². The Kier molecular flexibility index (Phi) is 16.1. The van der Waals surface area contributed by atoms with Crippen LogP contribution >= 0.6 is 0 Å². The summed E-state index contributed by atoms with van der Waals surface area (Å²) in [5, 5.41) is 0. The third-order valence-corrected chi connectivity index (χ3v) is 7.14. The monoisotopic (exact) mass is 464 g/mol. The van der Waals surface area contributed by atoms with E-state index in [0.29, 0.717) is 0 Å². The average Bonchev–Trinajstić information content (AvgIpc) is 2.85. The molecule has 0 amide bonds. The summed E-state index contributed by atoms with van der Waals surface area (Å²) in [6.07, 6.45) is 27.8. The van der Waals surface area contributed by atoms with Gasteiger partial charge in [-0.1, -0.05) is 127 Å². The number of benzene rings is 2. The van der Waals surface area contributed by atoms with Crippen molar-refractivity contribution in [3.8, 4) is 0 Å². The molecule has 2 aromatic rings. The Balaban J connectivity index is 1.22. The fraction of sp³-hybridized carbons (Fsp3) is 0.625. The molecule has 0 spiro atoms. The molecule has 0 aromatic heterocycles. The molecule has 2 nitrogen and oxygen atoms in total. The number of aryl methyl sites for hydroxylation is 2. The second kappa shape index (κ2) is 19.4. The van der Waals surface area contributed by atoms with Crippen molar-refractivity contribution in [2.24, 2.45) is 0 Å². The fourth-order valence-corrected chi connectivity index (χ4v) is 4.86. The van der Waals surface area contributed by atoms with Crippen LogP contribution in [0.4, 0.5) is 11.4 Å². The molecule has 0 aliphatic heterocycles. The van der Waals surface area contributed by atoms with Gasteiger partial charge in [0.1, 0.15) is 0 Å². The Morgan fingerprint density at radius 2 is 0.500 bits per heavy atom. The standard InChI is InChI=1S/C32H52N2/c33-31-25-21-29(22-26-31)19-17-15-13-11-9-7-5-3-1-2-4-6-8-10-12-14-16-18-20-30-23-27-32(34)28-24-30/h21-28H,1-20,33-34H2. The summed E-state index contributed by atoms with van der Waals surface area (Å²) in [6, 6.07) is 16.7. The molecule has 0 aliphatic carbocycles. The lowest BCUT2D eigenvalue weighted by atomic mass is 10.0. The molecule has 0 saturated heterocycles. The van der Waals surface area contributed by atoms with Crippen molar-refractivity contribution in [3.63, 3.8) is 0 Å². The van der Waals surface area contributed by atoms with Gasteiger partial charge < -0.3 is 11.5 Å². The maximum Gasteiger partial charge on any atom is 0.0314 e. The Bertz CT molecular complexity index is 641. The highest BCUT2D eigenvalue weighted by Crippen LogP contribution is 2.16. The number of hydrogen-bond acceptors (Lipinski definition) is 2. The predicted molar refractivity (Wildman–Crippen MR) is 152 cm³/mol. The summed E-state index contributed by atoms with van der Waals surface area (Å²) >= 11 is 0. The molecule has 0 radical (unpaired) electrons. The highest BCUT2D eigenvalue weighted by Gasteiger charge is 1.97. The van der Waals surface area contributed by atoms with Crippen molar-refractivity contribution in [1.29, 1.82) is 0 Å². The third-order valence-electron chi connectivity index (χ3n) is 7.14. The van der Waals surface area contributed by atoms with E-state index >= 15 is 0 Å². The van der Waals surface area contributed by atoms with Gasteiger partial charge in [-0.2, -0.15) is 0 Å². The van der Waals surface area contributed by atoms with Gasteiger partial charge in [-0.05, 0) is 61.1 Å². The quantitative estimate of drug-likeness (QED) is 0.143. The second-order valence-corrected chi connectivity index (χ2v) is 10.3. The van der Waals surface area contributed by atoms with Crippen LogP contribution in [0.5, 0.6) is 0 Å². The van der Waals surface area contributed by atoms with E-state index in [1.807, 2.05) is 24.3 Å². The van der Waals surface area contributed by atoms with Crippen LogP contribution in [0.1, 0.15) is 127 Å². The maximum atomic E-state index is 5.74. The minimum atomic E-state index is 0.868. The molecule has 4 N–H and O–H groups in total. The molecule has 34 heavy (non-hydrogen) atoms. The normalized spacial score (nSPS) is 11.2. The van der Waals surface area contributed by atoms with E-state index in [1.54, 1.807) is 0 Å². The minimum absolute atomic E-state index is 0.868. The van der Waals surface area contributed by atoms with Crippen LogP contribution in [-0.2, 0) is 12.8 Å². The molecular weight excluding hydrogens is 412 g/mol. The molecule has 0 heterocycles. The summed E-state index contributed by atoms with van der Waals surface area (Å²) in [4.78, 5) is 0. The summed E-state index contributed by atoms with van der Waals surface area (Å²) in [5.41, 5.74) is 16.1. The smallest absolute Gasteiger partial charge is 0.0314 e. The highest BCUT2D eigenvalue weighted by atomic mass is 14.5. The molecule has 2 heteroatoms. The first-order valence-electron chi connectivity index (χ1n) is 14.4. The van der Waals surface area contributed by atoms with Crippen molar-refractivity contribution >= 4 is 11.4 Å².